The average molecular weight is 567 g/mol. The molecule has 2 aromatic carbocycles. The number of amides is 1. The first-order valence-corrected chi connectivity index (χ1v) is 12.1. The minimum Gasteiger partial charge on any atom is -0.481 e. The molecule has 0 spiro atoms. The zero-order valence-corrected chi connectivity index (χ0v) is 23.1. The number of hydrogen-bond acceptors (Lipinski definition) is 4. The quantitative estimate of drug-likeness (QED) is 0.292. The molecule has 0 aliphatic rings. The molecule has 0 aromatic heterocycles. The van der Waals surface area contributed by atoms with Crippen molar-refractivity contribution in [3.8, 4) is 5.75 Å². The molecule has 0 radical (unpaired) electrons. The number of anilines is 1. The number of ether oxygens (including phenoxy) is 1. The second-order valence-corrected chi connectivity index (χ2v) is 11.7. The third-order valence-electron chi connectivity index (χ3n) is 4.91. The lowest BCUT2D eigenvalue weighted by molar-refractivity contribution is -0.123. The largest absolute Gasteiger partial charge is 0.481 e. The van der Waals surface area contributed by atoms with Crippen molar-refractivity contribution in [2.75, 3.05) is 25.6 Å². The standard InChI is InChI=1S/C25H33Br2N3O2/c1-24(2,3)16-25(4,5)18-12-20(26)23(21(27)13-18)32-15-22(31)29-28-14-17-8-10-19(11-9-17)30(6)7/h8-14H,15-16H2,1-7H3,(H,29,31). The van der Waals surface area contributed by atoms with Gasteiger partial charge in [0.15, 0.2) is 6.61 Å². The molecule has 1 amide bonds. The van der Waals surface area contributed by atoms with Crippen LogP contribution in [-0.2, 0) is 10.2 Å². The molecule has 5 nitrogen and oxygen atoms in total. The molecule has 0 heterocycles. The van der Waals surface area contributed by atoms with Crippen LogP contribution in [0.3, 0.4) is 0 Å². The molecule has 0 atom stereocenters. The molecule has 7 heteroatoms. The molecule has 1 N–H and O–H groups in total. The molecule has 0 fully saturated rings. The maximum absolute atomic E-state index is 12.2. The summed E-state index contributed by atoms with van der Waals surface area (Å²) < 4.78 is 7.37. The number of nitrogens with one attached hydrogen (secondary N) is 1. The molecule has 0 unspecified atom stereocenters. The van der Waals surface area contributed by atoms with E-state index >= 15 is 0 Å². The van der Waals surface area contributed by atoms with E-state index in [1.807, 2.05) is 43.3 Å². The van der Waals surface area contributed by atoms with Crippen LogP contribution in [0.2, 0.25) is 0 Å². The summed E-state index contributed by atoms with van der Waals surface area (Å²) in [4.78, 5) is 14.2. The Morgan fingerprint density at radius 3 is 2.12 bits per heavy atom. The van der Waals surface area contributed by atoms with E-state index in [0.717, 1.165) is 26.6 Å². The molecular formula is C25H33Br2N3O2. The third-order valence-corrected chi connectivity index (χ3v) is 6.09. The minimum absolute atomic E-state index is 0.00133. The maximum Gasteiger partial charge on any atom is 0.277 e. The summed E-state index contributed by atoms with van der Waals surface area (Å²) in [6.07, 6.45) is 2.65. The molecule has 0 bridgehead atoms. The molecular weight excluding hydrogens is 534 g/mol. The van der Waals surface area contributed by atoms with Gasteiger partial charge in [0.1, 0.15) is 5.75 Å². The highest BCUT2D eigenvalue weighted by atomic mass is 79.9. The number of carbonyl (C=O) groups is 1. The third kappa shape index (κ3) is 7.93. The van der Waals surface area contributed by atoms with Gasteiger partial charge in [0.25, 0.3) is 5.91 Å². The van der Waals surface area contributed by atoms with Gasteiger partial charge in [-0.3, -0.25) is 4.79 Å². The van der Waals surface area contributed by atoms with Gasteiger partial charge in [-0.15, -0.1) is 0 Å². The molecule has 0 aliphatic carbocycles. The van der Waals surface area contributed by atoms with Crippen LogP contribution in [0.1, 0.15) is 52.2 Å². The van der Waals surface area contributed by atoms with E-state index in [0.29, 0.717) is 5.75 Å². The van der Waals surface area contributed by atoms with Gasteiger partial charge in [0.05, 0.1) is 15.2 Å². The summed E-state index contributed by atoms with van der Waals surface area (Å²) in [7, 11) is 3.97. The normalized spacial score (nSPS) is 12.2. The van der Waals surface area contributed by atoms with Gasteiger partial charge in [-0.1, -0.05) is 46.8 Å². The highest BCUT2D eigenvalue weighted by molar-refractivity contribution is 9.11. The van der Waals surface area contributed by atoms with E-state index in [1.54, 1.807) is 6.21 Å². The molecule has 32 heavy (non-hydrogen) atoms. The van der Waals surface area contributed by atoms with Crippen molar-refractivity contribution in [3.63, 3.8) is 0 Å². The smallest absolute Gasteiger partial charge is 0.277 e. The summed E-state index contributed by atoms with van der Waals surface area (Å²) in [6, 6.07) is 12.0. The SMILES string of the molecule is CN(C)c1ccc(C=NNC(=O)COc2c(Br)cc(C(C)(C)CC(C)(C)C)cc2Br)cc1. The van der Waals surface area contributed by atoms with Gasteiger partial charge >= 0.3 is 0 Å². The fraction of sp³-hybridized carbons (Fsp3) is 0.440. The summed E-state index contributed by atoms with van der Waals surface area (Å²) in [5, 5.41) is 4.01. The first kappa shape index (κ1) is 26.4. The highest BCUT2D eigenvalue weighted by Crippen LogP contribution is 2.42. The predicted octanol–water partition coefficient (Wildman–Crippen LogP) is 6.52. The van der Waals surface area contributed by atoms with Crippen LogP contribution in [0, 0.1) is 5.41 Å². The van der Waals surface area contributed by atoms with E-state index < -0.39 is 0 Å². The van der Waals surface area contributed by atoms with Gasteiger partial charge in [-0.25, -0.2) is 5.43 Å². The second kappa shape index (κ2) is 10.8. The molecule has 0 aliphatic heterocycles. The van der Waals surface area contributed by atoms with E-state index in [1.165, 1.54) is 5.56 Å². The van der Waals surface area contributed by atoms with Gasteiger partial charge in [0, 0.05) is 19.8 Å². The van der Waals surface area contributed by atoms with Crippen molar-refractivity contribution in [2.45, 2.75) is 46.5 Å². The number of hydrogen-bond donors (Lipinski definition) is 1. The molecule has 174 valence electrons. The fourth-order valence-corrected chi connectivity index (χ4v) is 5.14. The Kier molecular flexibility index (Phi) is 8.94. The zero-order valence-electron chi connectivity index (χ0n) is 19.9. The number of carbonyl (C=O) groups excluding carboxylic acids is 1. The number of nitrogens with zero attached hydrogens (tertiary/aromatic N) is 2. The first-order chi connectivity index (χ1) is 14.8. The number of hydrazone groups is 1. The van der Waals surface area contributed by atoms with Crippen molar-refractivity contribution < 1.29 is 9.53 Å². The summed E-state index contributed by atoms with van der Waals surface area (Å²) in [6.45, 7) is 11.1. The van der Waals surface area contributed by atoms with Crippen LogP contribution < -0.4 is 15.1 Å². The Hall–Kier alpha value is -1.86. The summed E-state index contributed by atoms with van der Waals surface area (Å²) in [5.74, 6) is 0.265. The van der Waals surface area contributed by atoms with Crippen LogP contribution in [-0.4, -0.2) is 32.8 Å². The number of benzene rings is 2. The average Bonchev–Trinajstić information content (AvgIpc) is 2.65. The van der Waals surface area contributed by atoms with Gasteiger partial charge < -0.3 is 9.64 Å². The van der Waals surface area contributed by atoms with E-state index in [9.17, 15) is 4.79 Å². The minimum atomic E-state index is -0.331. The Morgan fingerprint density at radius 1 is 1.06 bits per heavy atom. The van der Waals surface area contributed by atoms with Crippen LogP contribution >= 0.6 is 31.9 Å². The molecule has 2 rings (SSSR count). The Labute approximate surface area is 208 Å². The van der Waals surface area contributed by atoms with Crippen molar-refractivity contribution in [3.05, 3.63) is 56.5 Å². The summed E-state index contributed by atoms with van der Waals surface area (Å²) >= 11 is 7.20. The number of halogens is 2. The van der Waals surface area contributed by atoms with Crippen molar-refractivity contribution in [1.82, 2.24) is 5.43 Å². The lowest BCUT2D eigenvalue weighted by atomic mass is 9.72. The maximum atomic E-state index is 12.2. The monoisotopic (exact) mass is 565 g/mol. The van der Waals surface area contributed by atoms with Crippen molar-refractivity contribution >= 4 is 49.7 Å². The van der Waals surface area contributed by atoms with Crippen LogP contribution in [0.4, 0.5) is 5.69 Å². The lowest BCUT2D eigenvalue weighted by Crippen LogP contribution is -2.26. The van der Waals surface area contributed by atoms with E-state index in [4.69, 9.17) is 4.74 Å². The van der Waals surface area contributed by atoms with Crippen molar-refractivity contribution in [1.29, 1.82) is 0 Å². The van der Waals surface area contributed by atoms with E-state index in [2.05, 4.69) is 89.1 Å². The fourth-order valence-electron chi connectivity index (χ4n) is 3.72. The topological polar surface area (TPSA) is 53.9 Å². The van der Waals surface area contributed by atoms with Crippen LogP contribution in [0.25, 0.3) is 0 Å². The molecule has 2 aromatic rings. The predicted molar refractivity (Wildman–Crippen MR) is 141 cm³/mol. The molecule has 0 saturated heterocycles. The lowest BCUT2D eigenvalue weighted by Gasteiger charge is -2.33. The van der Waals surface area contributed by atoms with Gasteiger partial charge in [0.2, 0.25) is 0 Å². The summed E-state index contributed by atoms with van der Waals surface area (Å²) in [5.41, 5.74) is 5.92. The van der Waals surface area contributed by atoms with Crippen molar-refractivity contribution in [2.24, 2.45) is 10.5 Å². The Bertz CT molecular complexity index is 939. The van der Waals surface area contributed by atoms with Gasteiger partial charge in [-0.2, -0.15) is 5.10 Å². The highest BCUT2D eigenvalue weighted by Gasteiger charge is 2.28. The van der Waals surface area contributed by atoms with E-state index in [-0.39, 0.29) is 23.3 Å². The second-order valence-electron chi connectivity index (χ2n) is 9.96. The zero-order chi connectivity index (χ0) is 24.1. The van der Waals surface area contributed by atoms with Crippen LogP contribution in [0.15, 0.2) is 50.4 Å². The molecule has 0 saturated carbocycles. The number of rotatable bonds is 8. The Balaban J connectivity index is 1.97. The first-order valence-electron chi connectivity index (χ1n) is 10.5. The van der Waals surface area contributed by atoms with Crippen LogP contribution in [0.5, 0.6) is 5.75 Å². The van der Waals surface area contributed by atoms with Gasteiger partial charge in [-0.05, 0) is 84.5 Å². The Morgan fingerprint density at radius 2 is 1.62 bits per heavy atom.